The Balaban J connectivity index is 1.80. The van der Waals surface area contributed by atoms with Crippen LogP contribution in [0, 0.1) is 13.8 Å². The van der Waals surface area contributed by atoms with Gasteiger partial charge in [0.05, 0.1) is 29.5 Å². The third-order valence-electron chi connectivity index (χ3n) is 5.13. The summed E-state index contributed by atoms with van der Waals surface area (Å²) in [4.78, 5) is 12.5. The van der Waals surface area contributed by atoms with Gasteiger partial charge >= 0.3 is 0 Å². The summed E-state index contributed by atoms with van der Waals surface area (Å²) in [5.41, 5.74) is 4.98. The molecule has 6 nitrogen and oxygen atoms in total. The molecule has 1 atom stereocenters. The van der Waals surface area contributed by atoms with E-state index in [4.69, 9.17) is 14.6 Å². The van der Waals surface area contributed by atoms with E-state index in [9.17, 15) is 4.79 Å². The maximum Gasteiger partial charge on any atom is 0.235 e. The second kappa shape index (κ2) is 8.89. The van der Waals surface area contributed by atoms with Crippen LogP contribution in [0.2, 0.25) is 0 Å². The van der Waals surface area contributed by atoms with Crippen LogP contribution in [0.4, 0.5) is 5.82 Å². The molecular weight excluding hydrogens is 410 g/mol. The number of ether oxygens (including phenoxy) is 2. The molecule has 0 fully saturated rings. The summed E-state index contributed by atoms with van der Waals surface area (Å²) in [5, 5.41) is 7.76. The lowest BCUT2D eigenvalue weighted by Crippen LogP contribution is -2.15. The molecule has 1 amide bonds. The Kier molecular flexibility index (Phi) is 6.04. The van der Waals surface area contributed by atoms with Crippen LogP contribution >= 0.6 is 11.8 Å². The van der Waals surface area contributed by atoms with Crippen molar-refractivity contribution in [3.05, 3.63) is 77.5 Å². The minimum atomic E-state index is -0.0736. The van der Waals surface area contributed by atoms with Crippen molar-refractivity contribution < 1.29 is 14.3 Å². The summed E-state index contributed by atoms with van der Waals surface area (Å²) < 4.78 is 13.1. The number of benzene rings is 2. The summed E-state index contributed by atoms with van der Waals surface area (Å²) in [5.74, 6) is 2.33. The Labute approximate surface area is 186 Å². The molecule has 1 aliphatic rings. The standard InChI is InChI=1S/C24H25N3O3S/c1-5-12-30-19-11-8-17(13-20(19)29-4)23-22-16(3)26-27(18-9-6-15(2)7-10-18)24(22)25-21(28)14-31-23/h5-11,13,23H,1,12,14H2,2-4H3,(H,25,28). The predicted molar refractivity (Wildman–Crippen MR) is 125 cm³/mol. The summed E-state index contributed by atoms with van der Waals surface area (Å²) in [6.07, 6.45) is 1.70. The molecule has 31 heavy (non-hydrogen) atoms. The quantitative estimate of drug-likeness (QED) is 0.562. The van der Waals surface area contributed by atoms with E-state index >= 15 is 0 Å². The monoisotopic (exact) mass is 435 g/mol. The minimum absolute atomic E-state index is 0.0417. The lowest BCUT2D eigenvalue weighted by Gasteiger charge is -2.18. The number of rotatable bonds is 6. The maximum absolute atomic E-state index is 12.5. The molecule has 4 rings (SSSR count). The summed E-state index contributed by atoms with van der Waals surface area (Å²) >= 11 is 1.58. The third kappa shape index (κ3) is 4.18. The van der Waals surface area contributed by atoms with Crippen molar-refractivity contribution in [2.45, 2.75) is 19.1 Å². The number of carbonyl (C=O) groups is 1. The van der Waals surface area contributed by atoms with E-state index in [1.807, 2.05) is 61.0 Å². The van der Waals surface area contributed by atoms with E-state index in [1.54, 1.807) is 24.9 Å². The normalized spacial score (nSPS) is 15.6. The molecule has 0 bridgehead atoms. The average Bonchev–Trinajstić information content (AvgIpc) is 2.97. The van der Waals surface area contributed by atoms with Crippen LogP contribution in [0.25, 0.3) is 5.69 Å². The van der Waals surface area contributed by atoms with Gasteiger partial charge in [0.15, 0.2) is 11.5 Å². The van der Waals surface area contributed by atoms with Gasteiger partial charge in [-0.3, -0.25) is 4.79 Å². The molecule has 1 unspecified atom stereocenters. The number of thioether (sulfide) groups is 1. The number of hydrogen-bond donors (Lipinski definition) is 1. The Morgan fingerprint density at radius 1 is 1.23 bits per heavy atom. The van der Waals surface area contributed by atoms with Gasteiger partial charge in [0, 0.05) is 5.56 Å². The molecule has 2 aromatic carbocycles. The van der Waals surface area contributed by atoms with Gasteiger partial charge < -0.3 is 14.8 Å². The van der Waals surface area contributed by atoms with E-state index in [1.165, 1.54) is 5.56 Å². The molecule has 1 aliphatic heterocycles. The number of hydrogen-bond acceptors (Lipinski definition) is 5. The number of amides is 1. The van der Waals surface area contributed by atoms with Gasteiger partial charge in [0.1, 0.15) is 12.4 Å². The van der Waals surface area contributed by atoms with Crippen molar-refractivity contribution in [3.8, 4) is 17.2 Å². The second-order valence-electron chi connectivity index (χ2n) is 7.34. The molecule has 160 valence electrons. The predicted octanol–water partition coefficient (Wildman–Crippen LogP) is 4.84. The Morgan fingerprint density at radius 3 is 2.71 bits per heavy atom. The first-order valence-electron chi connectivity index (χ1n) is 10.0. The number of nitrogens with zero attached hydrogens (tertiary/aromatic N) is 2. The summed E-state index contributed by atoms with van der Waals surface area (Å²) in [6, 6.07) is 14.0. The number of anilines is 1. The number of nitrogens with one attached hydrogen (secondary N) is 1. The van der Waals surface area contributed by atoms with Crippen LogP contribution in [0.15, 0.2) is 55.1 Å². The lowest BCUT2D eigenvalue weighted by atomic mass is 10.0. The zero-order valence-electron chi connectivity index (χ0n) is 17.8. The topological polar surface area (TPSA) is 65.4 Å². The number of fused-ring (bicyclic) bond motifs is 1. The first-order chi connectivity index (χ1) is 15.0. The zero-order valence-corrected chi connectivity index (χ0v) is 18.7. The van der Waals surface area contributed by atoms with E-state index in [2.05, 4.69) is 11.9 Å². The van der Waals surface area contributed by atoms with Crippen molar-refractivity contribution >= 4 is 23.5 Å². The Bertz CT molecular complexity index is 1120. The highest BCUT2D eigenvalue weighted by Crippen LogP contribution is 2.45. The largest absolute Gasteiger partial charge is 0.493 e. The fourth-order valence-corrected chi connectivity index (χ4v) is 4.81. The molecule has 0 saturated carbocycles. The maximum atomic E-state index is 12.5. The first kappa shape index (κ1) is 21.1. The molecule has 2 heterocycles. The van der Waals surface area contributed by atoms with E-state index in [0.717, 1.165) is 22.5 Å². The third-order valence-corrected chi connectivity index (χ3v) is 6.40. The SMILES string of the molecule is C=CCOc1ccc(C2SCC(=O)Nc3c2c(C)nn3-c2ccc(C)cc2)cc1OC. The van der Waals surface area contributed by atoms with Gasteiger partial charge in [-0.2, -0.15) is 5.10 Å². The number of methoxy groups -OCH3 is 1. The fraction of sp³-hybridized carbons (Fsp3) is 0.250. The lowest BCUT2D eigenvalue weighted by molar-refractivity contribution is -0.113. The van der Waals surface area contributed by atoms with Crippen molar-refractivity contribution in [2.24, 2.45) is 0 Å². The average molecular weight is 436 g/mol. The van der Waals surface area contributed by atoms with Gasteiger partial charge in [-0.05, 0) is 43.7 Å². The van der Waals surface area contributed by atoms with Crippen molar-refractivity contribution in [1.82, 2.24) is 9.78 Å². The Morgan fingerprint density at radius 2 is 2.00 bits per heavy atom. The first-order valence-corrected chi connectivity index (χ1v) is 11.1. The number of aryl methyl sites for hydroxylation is 2. The van der Waals surface area contributed by atoms with Gasteiger partial charge in [-0.15, -0.1) is 11.8 Å². The van der Waals surface area contributed by atoms with Crippen molar-refractivity contribution in [3.63, 3.8) is 0 Å². The summed E-state index contributed by atoms with van der Waals surface area (Å²) in [7, 11) is 1.62. The molecule has 0 saturated heterocycles. The van der Waals surface area contributed by atoms with Gasteiger partial charge in [-0.25, -0.2) is 4.68 Å². The van der Waals surface area contributed by atoms with Gasteiger partial charge in [0.2, 0.25) is 5.91 Å². The zero-order chi connectivity index (χ0) is 22.0. The Hall–Kier alpha value is -3.19. The molecule has 1 aromatic heterocycles. The molecule has 1 N–H and O–H groups in total. The van der Waals surface area contributed by atoms with E-state index in [-0.39, 0.29) is 11.2 Å². The molecule has 0 spiro atoms. The van der Waals surface area contributed by atoms with Gasteiger partial charge in [0.25, 0.3) is 0 Å². The number of aromatic nitrogens is 2. The van der Waals surface area contributed by atoms with Crippen LogP contribution in [-0.2, 0) is 4.79 Å². The number of carbonyl (C=O) groups excluding carboxylic acids is 1. The second-order valence-corrected chi connectivity index (χ2v) is 8.44. The van der Waals surface area contributed by atoms with Crippen LogP contribution in [-0.4, -0.2) is 35.2 Å². The van der Waals surface area contributed by atoms with Crippen molar-refractivity contribution in [2.75, 3.05) is 24.8 Å². The van der Waals surface area contributed by atoms with Crippen LogP contribution in [0.1, 0.15) is 27.6 Å². The minimum Gasteiger partial charge on any atom is -0.493 e. The van der Waals surface area contributed by atoms with E-state index < -0.39 is 0 Å². The molecule has 7 heteroatoms. The molecule has 0 aliphatic carbocycles. The van der Waals surface area contributed by atoms with Crippen LogP contribution < -0.4 is 14.8 Å². The highest BCUT2D eigenvalue weighted by Gasteiger charge is 2.31. The van der Waals surface area contributed by atoms with Crippen LogP contribution in [0.5, 0.6) is 11.5 Å². The van der Waals surface area contributed by atoms with Gasteiger partial charge in [-0.1, -0.05) is 36.4 Å². The van der Waals surface area contributed by atoms with E-state index in [0.29, 0.717) is 29.7 Å². The molecule has 0 radical (unpaired) electrons. The molecular formula is C24H25N3O3S. The fourth-order valence-electron chi connectivity index (χ4n) is 3.63. The van der Waals surface area contributed by atoms with Crippen LogP contribution in [0.3, 0.4) is 0 Å². The highest BCUT2D eigenvalue weighted by atomic mass is 32.2. The smallest absolute Gasteiger partial charge is 0.235 e. The molecule has 3 aromatic rings. The highest BCUT2D eigenvalue weighted by molar-refractivity contribution is 8.00. The summed E-state index contributed by atoms with van der Waals surface area (Å²) in [6.45, 7) is 8.11. The van der Waals surface area contributed by atoms with Crippen molar-refractivity contribution in [1.29, 1.82) is 0 Å².